The van der Waals surface area contributed by atoms with Gasteiger partial charge in [0, 0.05) is 18.2 Å². The van der Waals surface area contributed by atoms with Crippen LogP contribution in [0.5, 0.6) is 0 Å². The monoisotopic (exact) mass is 293 g/mol. The number of nitrogens with one attached hydrogen (secondary N) is 1. The van der Waals surface area contributed by atoms with Crippen LogP contribution in [0.25, 0.3) is 0 Å². The van der Waals surface area contributed by atoms with Gasteiger partial charge in [-0.2, -0.15) is 0 Å². The van der Waals surface area contributed by atoms with E-state index < -0.39 is 32.4 Å². The first-order valence-electron chi connectivity index (χ1n) is 5.96. The van der Waals surface area contributed by atoms with E-state index in [1.54, 1.807) is 0 Å². The van der Waals surface area contributed by atoms with E-state index in [1.807, 2.05) is 6.92 Å². The Labute approximate surface area is 109 Å². The lowest BCUT2D eigenvalue weighted by Gasteiger charge is -2.14. The molecule has 0 saturated heterocycles. The molecule has 1 N–H and O–H groups in total. The van der Waals surface area contributed by atoms with Crippen LogP contribution in [-0.4, -0.2) is 14.5 Å². The van der Waals surface area contributed by atoms with Gasteiger partial charge in [-0.3, -0.25) is 0 Å². The maximum absolute atomic E-state index is 13.5. The van der Waals surface area contributed by atoms with Crippen LogP contribution in [0.3, 0.4) is 0 Å². The molecular weight excluding hydrogens is 279 g/mol. The van der Waals surface area contributed by atoms with Gasteiger partial charge in [0.2, 0.25) is 10.0 Å². The molecule has 1 saturated carbocycles. The summed E-state index contributed by atoms with van der Waals surface area (Å²) in [6.07, 6.45) is 2.12. The molecule has 106 valence electrons. The van der Waals surface area contributed by atoms with Gasteiger partial charge >= 0.3 is 0 Å². The largest absolute Gasteiger partial charge is 0.246 e. The van der Waals surface area contributed by atoms with E-state index in [2.05, 4.69) is 4.72 Å². The molecule has 1 aliphatic rings. The van der Waals surface area contributed by atoms with Crippen molar-refractivity contribution in [2.45, 2.75) is 37.1 Å². The standard InChI is InChI=1S/C12H14F3NO2S/c1-7-2-3-9(4-7)16-19(17,18)12-10(14)5-8(13)6-11(12)15/h5-7,9,16H,2-4H2,1H3. The van der Waals surface area contributed by atoms with Gasteiger partial charge in [0.1, 0.15) is 17.5 Å². The van der Waals surface area contributed by atoms with E-state index in [-0.39, 0.29) is 6.04 Å². The van der Waals surface area contributed by atoms with Crippen molar-refractivity contribution < 1.29 is 21.6 Å². The molecule has 0 radical (unpaired) electrons. The zero-order valence-corrected chi connectivity index (χ0v) is 11.1. The molecule has 1 aromatic rings. The molecule has 7 heteroatoms. The van der Waals surface area contributed by atoms with Crippen molar-refractivity contribution in [3.8, 4) is 0 Å². The Balaban J connectivity index is 2.30. The van der Waals surface area contributed by atoms with Crippen molar-refractivity contribution in [3.05, 3.63) is 29.6 Å². The normalized spacial score (nSPS) is 23.8. The number of rotatable bonds is 3. The van der Waals surface area contributed by atoms with E-state index in [9.17, 15) is 21.6 Å². The zero-order chi connectivity index (χ0) is 14.2. The molecule has 1 aliphatic carbocycles. The topological polar surface area (TPSA) is 46.2 Å². The van der Waals surface area contributed by atoms with Gasteiger partial charge in [-0.25, -0.2) is 26.3 Å². The van der Waals surface area contributed by atoms with E-state index in [1.165, 1.54) is 0 Å². The lowest BCUT2D eigenvalue weighted by atomic mass is 10.1. The minimum Gasteiger partial charge on any atom is -0.208 e. The second-order valence-corrected chi connectivity index (χ2v) is 6.59. The highest BCUT2D eigenvalue weighted by atomic mass is 32.2. The predicted octanol–water partition coefficient (Wildman–Crippen LogP) is 2.57. The number of halogens is 3. The van der Waals surface area contributed by atoms with Crippen molar-refractivity contribution in [2.24, 2.45) is 5.92 Å². The Morgan fingerprint density at radius 3 is 2.21 bits per heavy atom. The summed E-state index contributed by atoms with van der Waals surface area (Å²) in [6, 6.07) is 0.382. The van der Waals surface area contributed by atoms with E-state index in [0.29, 0.717) is 30.9 Å². The molecule has 0 spiro atoms. The molecule has 2 rings (SSSR count). The Hall–Kier alpha value is -1.08. The van der Waals surface area contributed by atoms with Gasteiger partial charge in [-0.05, 0) is 25.2 Å². The Bertz CT molecular complexity index is 566. The summed E-state index contributed by atoms with van der Waals surface area (Å²) in [6.45, 7) is 1.98. The summed E-state index contributed by atoms with van der Waals surface area (Å²) in [5.41, 5.74) is 0. The van der Waals surface area contributed by atoms with Crippen LogP contribution in [0, 0.1) is 23.4 Å². The third kappa shape index (κ3) is 3.09. The lowest BCUT2D eigenvalue weighted by Crippen LogP contribution is -2.34. The fourth-order valence-corrected chi connectivity index (χ4v) is 3.78. The highest BCUT2D eigenvalue weighted by molar-refractivity contribution is 7.89. The summed E-state index contributed by atoms with van der Waals surface area (Å²) in [7, 11) is -4.31. The van der Waals surface area contributed by atoms with Crippen molar-refractivity contribution in [2.75, 3.05) is 0 Å². The van der Waals surface area contributed by atoms with Crippen LogP contribution in [0.4, 0.5) is 13.2 Å². The molecule has 1 aromatic carbocycles. The van der Waals surface area contributed by atoms with Gasteiger partial charge in [0.05, 0.1) is 0 Å². The van der Waals surface area contributed by atoms with Crippen molar-refractivity contribution in [3.63, 3.8) is 0 Å². The molecule has 0 bridgehead atoms. The molecule has 3 nitrogen and oxygen atoms in total. The van der Waals surface area contributed by atoms with Crippen LogP contribution in [0.1, 0.15) is 26.2 Å². The molecular formula is C12H14F3NO2S. The average molecular weight is 293 g/mol. The number of benzene rings is 1. The highest BCUT2D eigenvalue weighted by Crippen LogP contribution is 2.27. The van der Waals surface area contributed by atoms with Crippen LogP contribution >= 0.6 is 0 Å². The number of sulfonamides is 1. The summed E-state index contributed by atoms with van der Waals surface area (Å²) in [5, 5.41) is 0. The second-order valence-electron chi connectivity index (χ2n) is 4.93. The average Bonchev–Trinajstić information content (AvgIpc) is 2.60. The molecule has 2 atom stereocenters. The van der Waals surface area contributed by atoms with Crippen LogP contribution in [-0.2, 0) is 10.0 Å². The Morgan fingerprint density at radius 2 is 1.74 bits per heavy atom. The van der Waals surface area contributed by atoms with Crippen molar-refractivity contribution >= 4 is 10.0 Å². The van der Waals surface area contributed by atoms with Crippen LogP contribution in [0.2, 0.25) is 0 Å². The predicted molar refractivity (Wildman–Crippen MR) is 63.4 cm³/mol. The summed E-state index contributed by atoms with van der Waals surface area (Å²) in [4.78, 5) is -1.12. The fraction of sp³-hybridized carbons (Fsp3) is 0.500. The van der Waals surface area contributed by atoms with Gasteiger partial charge in [0.15, 0.2) is 4.90 Å². The third-order valence-electron chi connectivity index (χ3n) is 3.25. The van der Waals surface area contributed by atoms with Crippen molar-refractivity contribution in [1.82, 2.24) is 4.72 Å². The molecule has 0 aliphatic heterocycles. The number of hydrogen-bond acceptors (Lipinski definition) is 2. The molecule has 0 heterocycles. The molecule has 1 fully saturated rings. The van der Waals surface area contributed by atoms with Gasteiger partial charge in [-0.1, -0.05) is 6.92 Å². The van der Waals surface area contributed by atoms with Crippen LogP contribution < -0.4 is 4.72 Å². The van der Waals surface area contributed by atoms with E-state index in [0.717, 1.165) is 6.42 Å². The van der Waals surface area contributed by atoms with Crippen molar-refractivity contribution in [1.29, 1.82) is 0 Å². The van der Waals surface area contributed by atoms with Gasteiger partial charge in [-0.15, -0.1) is 0 Å². The Morgan fingerprint density at radius 1 is 1.16 bits per heavy atom. The maximum Gasteiger partial charge on any atom is 0.246 e. The lowest BCUT2D eigenvalue weighted by molar-refractivity contribution is 0.487. The first-order chi connectivity index (χ1) is 8.79. The van der Waals surface area contributed by atoms with E-state index >= 15 is 0 Å². The maximum atomic E-state index is 13.5. The zero-order valence-electron chi connectivity index (χ0n) is 10.3. The first-order valence-corrected chi connectivity index (χ1v) is 7.45. The molecule has 0 aromatic heterocycles. The van der Waals surface area contributed by atoms with Gasteiger partial charge in [0.25, 0.3) is 0 Å². The Kier molecular flexibility index (Phi) is 3.87. The van der Waals surface area contributed by atoms with E-state index in [4.69, 9.17) is 0 Å². The second kappa shape index (κ2) is 5.13. The first kappa shape index (κ1) is 14.3. The minimum absolute atomic E-state index is 0.330. The van der Waals surface area contributed by atoms with Gasteiger partial charge < -0.3 is 0 Å². The fourth-order valence-electron chi connectivity index (χ4n) is 2.38. The number of hydrogen-bond donors (Lipinski definition) is 1. The summed E-state index contributed by atoms with van der Waals surface area (Å²) in [5.74, 6) is -3.62. The quantitative estimate of drug-likeness (QED) is 0.931. The summed E-state index contributed by atoms with van der Waals surface area (Å²) >= 11 is 0. The van der Waals surface area contributed by atoms with Crippen LogP contribution in [0.15, 0.2) is 17.0 Å². The minimum atomic E-state index is -4.31. The highest BCUT2D eigenvalue weighted by Gasteiger charge is 2.30. The smallest absolute Gasteiger partial charge is 0.208 e. The molecule has 2 unspecified atom stereocenters. The summed E-state index contributed by atoms with van der Waals surface area (Å²) < 4.78 is 65.8. The third-order valence-corrected chi connectivity index (χ3v) is 4.82. The molecule has 19 heavy (non-hydrogen) atoms. The SMILES string of the molecule is CC1CCC(NS(=O)(=O)c2c(F)cc(F)cc2F)C1. The molecule has 0 amide bonds.